The van der Waals surface area contributed by atoms with Gasteiger partial charge in [0.05, 0.1) is 0 Å². The molecule has 3 N–H and O–H groups in total. The van der Waals surface area contributed by atoms with Crippen LogP contribution in [0.1, 0.15) is 23.0 Å². The normalized spacial score (nSPS) is 9.73. The second kappa shape index (κ2) is 9.02. The van der Waals surface area contributed by atoms with Crippen LogP contribution < -0.4 is 15.8 Å². The van der Waals surface area contributed by atoms with E-state index >= 15 is 0 Å². The molecule has 0 unspecified atom stereocenters. The van der Waals surface area contributed by atoms with Crippen molar-refractivity contribution in [2.45, 2.75) is 13.3 Å². The topological polar surface area (TPSA) is 77.2 Å². The highest BCUT2D eigenvalue weighted by Gasteiger charge is 2.11. The van der Waals surface area contributed by atoms with E-state index in [0.717, 1.165) is 17.7 Å². The van der Waals surface area contributed by atoms with Crippen molar-refractivity contribution in [3.8, 4) is 5.75 Å². The Morgan fingerprint density at radius 3 is 2.64 bits per heavy atom. The number of pyridine rings is 1. The first-order valence-electron chi connectivity index (χ1n) is 6.92. The van der Waals surface area contributed by atoms with Crippen LogP contribution in [0.2, 0.25) is 0 Å². The van der Waals surface area contributed by atoms with Crippen LogP contribution in [-0.2, 0) is 6.42 Å². The zero-order chi connectivity index (χ0) is 15.1. The molecule has 0 spiro atoms. The van der Waals surface area contributed by atoms with Gasteiger partial charge in [0.2, 0.25) is 0 Å². The molecule has 0 atom stereocenters. The Bertz CT molecular complexity index is 603. The number of halogens is 1. The van der Waals surface area contributed by atoms with Crippen LogP contribution in [0.25, 0.3) is 0 Å². The maximum atomic E-state index is 12.2. The van der Waals surface area contributed by atoms with E-state index in [-0.39, 0.29) is 18.3 Å². The number of nitrogens with two attached hydrogens (primary N) is 1. The summed E-state index contributed by atoms with van der Waals surface area (Å²) in [5.74, 6) is 0.522. The minimum absolute atomic E-state index is 0. The number of anilines is 1. The molecule has 0 aliphatic carbocycles. The number of ether oxygens (including phenoxy) is 1. The maximum absolute atomic E-state index is 12.2. The summed E-state index contributed by atoms with van der Waals surface area (Å²) in [5.41, 5.74) is 7.47. The number of nitrogens with one attached hydrogen (secondary N) is 1. The van der Waals surface area contributed by atoms with Gasteiger partial charge in [0.25, 0.3) is 5.91 Å². The van der Waals surface area contributed by atoms with Crippen molar-refractivity contribution < 1.29 is 9.53 Å². The van der Waals surface area contributed by atoms with Crippen molar-refractivity contribution in [1.82, 2.24) is 4.98 Å². The molecule has 1 amide bonds. The minimum atomic E-state index is -0.205. The SMILES string of the molecule is CCc1cccnc1C(=O)Nc1ccc(OCCN)cc1.Cl. The monoisotopic (exact) mass is 321 g/mol. The third kappa shape index (κ3) is 4.72. The number of rotatable bonds is 6. The van der Waals surface area contributed by atoms with Crippen LogP contribution in [0.4, 0.5) is 5.69 Å². The molecule has 0 aliphatic heterocycles. The molecule has 22 heavy (non-hydrogen) atoms. The van der Waals surface area contributed by atoms with Crippen molar-refractivity contribution in [3.63, 3.8) is 0 Å². The number of carbonyl (C=O) groups is 1. The Morgan fingerprint density at radius 2 is 2.00 bits per heavy atom. The molecule has 1 aromatic heterocycles. The molecule has 2 aromatic rings. The van der Waals surface area contributed by atoms with Gasteiger partial charge in [0.15, 0.2) is 0 Å². The average Bonchev–Trinajstić information content (AvgIpc) is 2.54. The Morgan fingerprint density at radius 1 is 1.27 bits per heavy atom. The van der Waals surface area contributed by atoms with Gasteiger partial charge >= 0.3 is 0 Å². The molecule has 0 saturated carbocycles. The highest BCUT2D eigenvalue weighted by Crippen LogP contribution is 2.17. The molecule has 0 saturated heterocycles. The van der Waals surface area contributed by atoms with Crippen LogP contribution in [0.5, 0.6) is 5.75 Å². The number of amides is 1. The third-order valence-electron chi connectivity index (χ3n) is 2.99. The third-order valence-corrected chi connectivity index (χ3v) is 2.99. The predicted molar refractivity (Wildman–Crippen MR) is 89.8 cm³/mol. The second-order valence-corrected chi connectivity index (χ2v) is 4.48. The number of benzene rings is 1. The molecule has 5 nitrogen and oxygen atoms in total. The van der Waals surface area contributed by atoms with Crippen LogP contribution in [0.15, 0.2) is 42.6 Å². The fourth-order valence-corrected chi connectivity index (χ4v) is 1.93. The van der Waals surface area contributed by atoms with Crippen molar-refractivity contribution in [2.75, 3.05) is 18.5 Å². The van der Waals surface area contributed by atoms with E-state index in [4.69, 9.17) is 10.5 Å². The molecule has 1 heterocycles. The zero-order valence-electron chi connectivity index (χ0n) is 12.4. The first-order chi connectivity index (χ1) is 10.2. The molecule has 1 aromatic carbocycles. The van der Waals surface area contributed by atoms with Gasteiger partial charge in [0, 0.05) is 18.4 Å². The average molecular weight is 322 g/mol. The van der Waals surface area contributed by atoms with E-state index < -0.39 is 0 Å². The lowest BCUT2D eigenvalue weighted by atomic mass is 10.1. The fraction of sp³-hybridized carbons (Fsp3) is 0.250. The Labute approximate surface area is 136 Å². The van der Waals surface area contributed by atoms with Crippen molar-refractivity contribution >= 4 is 24.0 Å². The van der Waals surface area contributed by atoms with Crippen LogP contribution in [-0.4, -0.2) is 24.0 Å². The first kappa shape index (κ1) is 17.9. The van der Waals surface area contributed by atoms with E-state index in [2.05, 4.69) is 10.3 Å². The number of hydrogen-bond donors (Lipinski definition) is 2. The lowest BCUT2D eigenvalue weighted by Crippen LogP contribution is -2.16. The summed E-state index contributed by atoms with van der Waals surface area (Å²) in [4.78, 5) is 16.4. The molecule has 6 heteroatoms. The van der Waals surface area contributed by atoms with Crippen LogP contribution in [0, 0.1) is 0 Å². The number of aromatic nitrogens is 1. The molecule has 0 fully saturated rings. The van der Waals surface area contributed by atoms with Crippen molar-refractivity contribution in [1.29, 1.82) is 0 Å². The first-order valence-corrected chi connectivity index (χ1v) is 6.92. The van der Waals surface area contributed by atoms with Gasteiger partial charge in [-0.2, -0.15) is 0 Å². The summed E-state index contributed by atoms with van der Waals surface area (Å²) < 4.78 is 5.39. The van der Waals surface area contributed by atoms with Gasteiger partial charge in [-0.05, 0) is 42.3 Å². The smallest absolute Gasteiger partial charge is 0.274 e. The largest absolute Gasteiger partial charge is 0.492 e. The number of nitrogens with zero attached hydrogens (tertiary/aromatic N) is 1. The van der Waals surface area contributed by atoms with E-state index in [1.807, 2.05) is 19.1 Å². The molecule has 118 valence electrons. The Hall–Kier alpha value is -2.11. The number of hydrogen-bond acceptors (Lipinski definition) is 4. The zero-order valence-corrected chi connectivity index (χ0v) is 13.2. The minimum Gasteiger partial charge on any atom is -0.492 e. The highest BCUT2D eigenvalue weighted by atomic mass is 35.5. The summed E-state index contributed by atoms with van der Waals surface area (Å²) in [6, 6.07) is 10.9. The summed E-state index contributed by atoms with van der Waals surface area (Å²) >= 11 is 0. The second-order valence-electron chi connectivity index (χ2n) is 4.48. The number of aryl methyl sites for hydroxylation is 1. The van der Waals surface area contributed by atoms with Crippen LogP contribution >= 0.6 is 12.4 Å². The van der Waals surface area contributed by atoms with Crippen molar-refractivity contribution in [2.24, 2.45) is 5.73 Å². The lowest BCUT2D eigenvalue weighted by Gasteiger charge is -2.09. The van der Waals surface area contributed by atoms with Crippen LogP contribution in [0.3, 0.4) is 0 Å². The molecular formula is C16H20ClN3O2. The van der Waals surface area contributed by atoms with Gasteiger partial charge in [-0.25, -0.2) is 0 Å². The predicted octanol–water partition coefficient (Wildman–Crippen LogP) is 2.66. The quantitative estimate of drug-likeness (QED) is 0.857. The van der Waals surface area contributed by atoms with E-state index in [0.29, 0.717) is 24.5 Å². The van der Waals surface area contributed by atoms with Gasteiger partial charge in [-0.15, -0.1) is 12.4 Å². The Balaban J connectivity index is 0.00000242. The molecule has 0 radical (unpaired) electrons. The molecular weight excluding hydrogens is 302 g/mol. The summed E-state index contributed by atoms with van der Waals surface area (Å²) in [6.45, 7) is 2.94. The van der Waals surface area contributed by atoms with Crippen molar-refractivity contribution in [3.05, 3.63) is 53.9 Å². The van der Waals surface area contributed by atoms with E-state index in [1.54, 1.807) is 30.5 Å². The lowest BCUT2D eigenvalue weighted by molar-refractivity contribution is 0.102. The van der Waals surface area contributed by atoms with Gasteiger partial charge in [-0.3, -0.25) is 9.78 Å². The van der Waals surface area contributed by atoms with E-state index in [9.17, 15) is 4.79 Å². The van der Waals surface area contributed by atoms with Gasteiger partial charge in [0.1, 0.15) is 18.1 Å². The fourth-order valence-electron chi connectivity index (χ4n) is 1.93. The van der Waals surface area contributed by atoms with E-state index in [1.165, 1.54) is 0 Å². The summed E-state index contributed by atoms with van der Waals surface area (Å²) in [7, 11) is 0. The molecule has 0 aliphatic rings. The number of carbonyl (C=O) groups excluding carboxylic acids is 1. The standard InChI is InChI=1S/C16H19N3O2.ClH/c1-2-12-4-3-10-18-15(12)16(20)19-13-5-7-14(8-6-13)21-11-9-17;/h3-8,10H,2,9,11,17H2,1H3,(H,19,20);1H. The Kier molecular flexibility index (Phi) is 7.36. The summed E-state index contributed by atoms with van der Waals surface area (Å²) in [5, 5.41) is 2.83. The molecule has 2 rings (SSSR count). The van der Waals surface area contributed by atoms with Gasteiger partial charge in [-0.1, -0.05) is 13.0 Å². The maximum Gasteiger partial charge on any atom is 0.274 e. The van der Waals surface area contributed by atoms with Gasteiger partial charge < -0.3 is 15.8 Å². The highest BCUT2D eigenvalue weighted by molar-refractivity contribution is 6.03. The summed E-state index contributed by atoms with van der Waals surface area (Å²) in [6.07, 6.45) is 2.39. The molecule has 0 bridgehead atoms.